The number of carbonyl (C=O) groups is 2. The van der Waals surface area contributed by atoms with Crippen molar-refractivity contribution in [2.24, 2.45) is 0 Å². The second-order valence-electron chi connectivity index (χ2n) is 9.53. The summed E-state index contributed by atoms with van der Waals surface area (Å²) >= 11 is 1.54. The van der Waals surface area contributed by atoms with Crippen LogP contribution in [-0.4, -0.2) is 117 Å². The molecular formula is C25H31F2N9O4S. The maximum absolute atomic E-state index is 14.1. The minimum absolute atomic E-state index is 0.0294. The van der Waals surface area contributed by atoms with Gasteiger partial charge in [0, 0.05) is 39.3 Å². The Morgan fingerprint density at radius 1 is 0.976 bits per heavy atom. The Kier molecular flexibility index (Phi) is 8.97. The predicted molar refractivity (Wildman–Crippen MR) is 149 cm³/mol. The van der Waals surface area contributed by atoms with Gasteiger partial charge in [-0.25, -0.2) is 18.6 Å². The quantitative estimate of drug-likeness (QED) is 0.378. The van der Waals surface area contributed by atoms with Crippen molar-refractivity contribution in [2.75, 3.05) is 74.3 Å². The van der Waals surface area contributed by atoms with Crippen molar-refractivity contribution in [3.8, 4) is 5.95 Å². The van der Waals surface area contributed by atoms with Gasteiger partial charge in [0.2, 0.25) is 23.8 Å². The largest absolute Gasteiger partial charge is 0.465 e. The Balaban J connectivity index is 1.44. The van der Waals surface area contributed by atoms with Crippen LogP contribution in [0.5, 0.6) is 0 Å². The molecule has 5 rings (SSSR count). The number of anilines is 2. The number of benzene rings is 1. The van der Waals surface area contributed by atoms with Crippen LogP contribution in [0.25, 0.3) is 17.0 Å². The van der Waals surface area contributed by atoms with Crippen molar-refractivity contribution >= 4 is 46.7 Å². The summed E-state index contributed by atoms with van der Waals surface area (Å²) in [5, 5.41) is 11.5. The first-order valence-electron chi connectivity index (χ1n) is 13.2. The highest BCUT2D eigenvalue weighted by Gasteiger charge is 2.31. The van der Waals surface area contributed by atoms with Gasteiger partial charge >= 0.3 is 6.09 Å². The number of aromatic nitrogens is 5. The van der Waals surface area contributed by atoms with E-state index in [0.717, 1.165) is 0 Å². The van der Waals surface area contributed by atoms with E-state index in [0.29, 0.717) is 87.6 Å². The molecule has 0 bridgehead atoms. The van der Waals surface area contributed by atoms with Gasteiger partial charge in [-0.3, -0.25) is 9.36 Å². The molecule has 0 spiro atoms. The summed E-state index contributed by atoms with van der Waals surface area (Å²) in [7, 11) is 0. The van der Waals surface area contributed by atoms with Gasteiger partial charge in [-0.1, -0.05) is 12.1 Å². The molecule has 2 fully saturated rings. The maximum atomic E-state index is 14.1. The normalized spacial score (nSPS) is 16.8. The Hall–Kier alpha value is -3.79. The fraction of sp³-hybridized carbons (Fsp3) is 0.520. The van der Waals surface area contributed by atoms with Crippen LogP contribution in [0.3, 0.4) is 0 Å². The van der Waals surface area contributed by atoms with E-state index >= 15 is 0 Å². The molecule has 16 heteroatoms. The van der Waals surface area contributed by atoms with Crippen molar-refractivity contribution in [3.63, 3.8) is 0 Å². The Labute approximate surface area is 238 Å². The second kappa shape index (κ2) is 12.8. The van der Waals surface area contributed by atoms with E-state index in [2.05, 4.69) is 25.3 Å². The molecule has 2 N–H and O–H groups in total. The van der Waals surface area contributed by atoms with Gasteiger partial charge in [0.1, 0.15) is 6.04 Å². The number of imidazole rings is 1. The first-order valence-corrected chi connectivity index (χ1v) is 14.6. The number of nitrogens with one attached hydrogen (secondary N) is 1. The molecule has 41 heavy (non-hydrogen) atoms. The molecule has 0 aliphatic carbocycles. The second-order valence-corrected chi connectivity index (χ2v) is 10.5. The Morgan fingerprint density at radius 3 is 2.24 bits per heavy atom. The molecule has 0 saturated carbocycles. The molecule has 1 unspecified atom stereocenters. The van der Waals surface area contributed by atoms with Crippen molar-refractivity contribution in [1.29, 1.82) is 0 Å². The molecule has 13 nitrogen and oxygen atoms in total. The van der Waals surface area contributed by atoms with Crippen LogP contribution in [0, 0.1) is 0 Å². The molecule has 3 aromatic rings. The average molecular weight is 592 g/mol. The molecular weight excluding hydrogens is 560 g/mol. The van der Waals surface area contributed by atoms with Gasteiger partial charge in [0.25, 0.3) is 6.43 Å². The number of fused-ring (bicyclic) bond motifs is 1. The molecule has 2 aliphatic rings. The summed E-state index contributed by atoms with van der Waals surface area (Å²) in [6.07, 6.45) is -1.82. The zero-order valence-corrected chi connectivity index (χ0v) is 23.3. The van der Waals surface area contributed by atoms with Crippen LogP contribution >= 0.6 is 11.8 Å². The van der Waals surface area contributed by atoms with E-state index < -0.39 is 24.4 Å². The summed E-state index contributed by atoms with van der Waals surface area (Å²) in [4.78, 5) is 47.8. The number of piperazine rings is 1. The molecule has 0 radical (unpaired) electrons. The van der Waals surface area contributed by atoms with Gasteiger partial charge in [0.15, 0.2) is 5.82 Å². The van der Waals surface area contributed by atoms with Gasteiger partial charge in [0.05, 0.1) is 24.2 Å². The number of hydrogen-bond donors (Lipinski definition) is 2. The number of ether oxygens (including phenoxy) is 1. The zero-order chi connectivity index (χ0) is 28.9. The number of thioether (sulfide) groups is 1. The van der Waals surface area contributed by atoms with Crippen LogP contribution in [0.1, 0.15) is 18.7 Å². The summed E-state index contributed by atoms with van der Waals surface area (Å²) in [6.45, 7) is 3.40. The maximum Gasteiger partial charge on any atom is 0.405 e. The lowest BCUT2D eigenvalue weighted by Crippen LogP contribution is -2.55. The number of carbonyl (C=O) groups excluding carboxylic acids is 1. The Morgan fingerprint density at radius 2 is 1.61 bits per heavy atom. The predicted octanol–water partition coefficient (Wildman–Crippen LogP) is 2.02. The highest BCUT2D eigenvalue weighted by atomic mass is 32.2. The van der Waals surface area contributed by atoms with Gasteiger partial charge in [-0.15, -0.1) is 0 Å². The van der Waals surface area contributed by atoms with E-state index in [-0.39, 0.29) is 11.9 Å². The molecule has 220 valence electrons. The van der Waals surface area contributed by atoms with Crippen LogP contribution < -0.4 is 15.1 Å². The topological polar surface area (TPSA) is 142 Å². The first kappa shape index (κ1) is 28.7. The third-order valence-electron chi connectivity index (χ3n) is 6.96. The standard InChI is InChI=1S/C25H31F2N9O4S/c1-41-15-6-17(29-25(38)39)21(37)33-7-9-34(10-8-33)22-30-23(35-11-13-40-14-12-35)32-24(31-22)36-18-5-3-2-4-16(18)28-20(36)19(26)27/h2-5,17,19,29H,6-15H2,1H3,(H,38,39). The molecule has 4 heterocycles. The van der Waals surface area contributed by atoms with Gasteiger partial charge in [-0.2, -0.15) is 26.7 Å². The highest BCUT2D eigenvalue weighted by molar-refractivity contribution is 7.98. The van der Waals surface area contributed by atoms with Crippen LogP contribution in [0.4, 0.5) is 25.5 Å². The van der Waals surface area contributed by atoms with Crippen molar-refractivity contribution in [2.45, 2.75) is 18.9 Å². The third kappa shape index (κ3) is 6.43. The van der Waals surface area contributed by atoms with Crippen molar-refractivity contribution in [3.05, 3.63) is 30.1 Å². The number of alkyl halides is 2. The number of amides is 2. The lowest BCUT2D eigenvalue weighted by atomic mass is 10.1. The third-order valence-corrected chi connectivity index (χ3v) is 7.60. The smallest absolute Gasteiger partial charge is 0.405 e. The number of nitrogens with zero attached hydrogens (tertiary/aromatic N) is 8. The Bertz CT molecular complexity index is 1380. The number of rotatable bonds is 9. The summed E-state index contributed by atoms with van der Waals surface area (Å²) in [5.74, 6) is 0.559. The van der Waals surface area contributed by atoms with E-state index in [1.54, 1.807) is 29.2 Å². The van der Waals surface area contributed by atoms with E-state index in [1.165, 1.54) is 16.3 Å². The minimum atomic E-state index is -2.86. The SMILES string of the molecule is CSCCC(NC(=O)O)C(=O)N1CCN(c2nc(N3CCOCC3)nc(-n3c(C(F)F)nc4ccccc43)n2)CC1. The molecule has 2 aromatic heterocycles. The van der Waals surface area contributed by atoms with Crippen LogP contribution in [0.15, 0.2) is 24.3 Å². The molecule has 1 aromatic carbocycles. The number of carboxylic acid groups (broad SMARTS) is 1. The first-order chi connectivity index (χ1) is 19.9. The fourth-order valence-electron chi connectivity index (χ4n) is 4.88. The van der Waals surface area contributed by atoms with Crippen LogP contribution in [-0.2, 0) is 9.53 Å². The fourth-order valence-corrected chi connectivity index (χ4v) is 5.35. The van der Waals surface area contributed by atoms with Gasteiger partial charge < -0.3 is 29.9 Å². The van der Waals surface area contributed by atoms with E-state index in [4.69, 9.17) is 4.74 Å². The van der Waals surface area contributed by atoms with Crippen molar-refractivity contribution < 1.29 is 28.2 Å². The molecule has 1 atom stereocenters. The average Bonchev–Trinajstić information content (AvgIpc) is 3.39. The summed E-state index contributed by atoms with van der Waals surface area (Å²) in [6, 6.07) is 5.98. The zero-order valence-electron chi connectivity index (χ0n) is 22.4. The summed E-state index contributed by atoms with van der Waals surface area (Å²) < 4.78 is 35.0. The van der Waals surface area contributed by atoms with E-state index in [9.17, 15) is 23.5 Å². The van der Waals surface area contributed by atoms with Crippen molar-refractivity contribution in [1.82, 2.24) is 34.7 Å². The highest BCUT2D eigenvalue weighted by Crippen LogP contribution is 2.28. The van der Waals surface area contributed by atoms with E-state index in [1.807, 2.05) is 16.1 Å². The lowest BCUT2D eigenvalue weighted by molar-refractivity contribution is -0.133. The monoisotopic (exact) mass is 591 g/mol. The number of para-hydroxylation sites is 2. The lowest BCUT2D eigenvalue weighted by Gasteiger charge is -2.36. The molecule has 2 saturated heterocycles. The number of halogens is 2. The number of morpholine rings is 1. The summed E-state index contributed by atoms with van der Waals surface area (Å²) in [5.41, 5.74) is 0.848. The molecule has 2 amide bonds. The minimum Gasteiger partial charge on any atom is -0.465 e. The molecule has 2 aliphatic heterocycles. The van der Waals surface area contributed by atoms with Crippen LogP contribution in [0.2, 0.25) is 0 Å². The number of hydrogen-bond acceptors (Lipinski definition) is 10. The van der Waals surface area contributed by atoms with Gasteiger partial charge in [-0.05, 0) is 30.6 Å².